The van der Waals surface area contributed by atoms with Crippen molar-refractivity contribution in [3.8, 4) is 0 Å². The van der Waals surface area contributed by atoms with E-state index in [1.54, 1.807) is 10.6 Å². The lowest BCUT2D eigenvalue weighted by atomic mass is 9.93. The van der Waals surface area contributed by atoms with Crippen molar-refractivity contribution in [2.75, 3.05) is 0 Å². The lowest BCUT2D eigenvalue weighted by Gasteiger charge is -2.31. The molecule has 0 bridgehead atoms. The summed E-state index contributed by atoms with van der Waals surface area (Å²) in [5, 5.41) is 0.954. The molecule has 2 rings (SSSR count). The quantitative estimate of drug-likeness (QED) is 0.732. The maximum absolute atomic E-state index is 12.9. The molecule has 1 heterocycles. The normalized spacial score (nSPS) is 12.9. The van der Waals surface area contributed by atoms with Crippen LogP contribution in [0.5, 0.6) is 0 Å². The monoisotopic (exact) mass is 292 g/mol. The molecule has 0 unspecified atom stereocenters. The minimum Gasteiger partial charge on any atom is -0.290 e. The van der Waals surface area contributed by atoms with E-state index in [2.05, 4.69) is 20.8 Å². The summed E-state index contributed by atoms with van der Waals surface area (Å²) >= 11 is 6.20. The Labute approximate surface area is 124 Å². The molecule has 0 spiro atoms. The molecule has 2 aromatic rings. The summed E-state index contributed by atoms with van der Waals surface area (Å²) in [6.07, 6.45) is 0. The fourth-order valence-electron chi connectivity index (χ4n) is 2.32. The molecule has 0 aliphatic rings. The fraction of sp³-hybridized carbons (Fsp3) is 0.500. The number of hydrogen-bond acceptors (Lipinski definition) is 2. The predicted octanol–water partition coefficient (Wildman–Crippen LogP) is 4.10. The zero-order valence-electron chi connectivity index (χ0n) is 12.9. The van der Waals surface area contributed by atoms with Crippen LogP contribution in [0.4, 0.5) is 0 Å². The maximum Gasteiger partial charge on any atom is 0.263 e. The second kappa shape index (κ2) is 4.59. The number of halogens is 1. The molecule has 20 heavy (non-hydrogen) atoms. The molecule has 0 atom stereocenters. The van der Waals surface area contributed by atoms with Crippen molar-refractivity contribution in [1.82, 2.24) is 9.55 Å². The number of benzene rings is 1. The van der Waals surface area contributed by atoms with Gasteiger partial charge in [0, 0.05) is 11.0 Å². The van der Waals surface area contributed by atoms with E-state index in [1.807, 2.05) is 32.9 Å². The molecule has 0 saturated heterocycles. The third-order valence-electron chi connectivity index (χ3n) is 3.19. The molecule has 0 amide bonds. The number of fused-ring (bicyclic) bond motifs is 1. The Morgan fingerprint density at radius 3 is 2.20 bits per heavy atom. The van der Waals surface area contributed by atoms with E-state index in [4.69, 9.17) is 16.6 Å². The molecule has 1 aromatic carbocycles. The highest BCUT2D eigenvalue weighted by Gasteiger charge is 2.28. The van der Waals surface area contributed by atoms with Crippen molar-refractivity contribution in [2.45, 2.75) is 52.5 Å². The highest BCUT2D eigenvalue weighted by atomic mass is 35.5. The second-order valence-corrected chi connectivity index (χ2v) is 7.54. The average molecular weight is 293 g/mol. The van der Waals surface area contributed by atoms with Crippen LogP contribution in [-0.2, 0) is 11.0 Å². The summed E-state index contributed by atoms with van der Waals surface area (Å²) in [7, 11) is 0. The molecule has 0 saturated carbocycles. The number of hydrogen-bond donors (Lipinski definition) is 0. The van der Waals surface area contributed by atoms with Crippen LogP contribution in [0, 0.1) is 0 Å². The molecule has 4 heteroatoms. The van der Waals surface area contributed by atoms with Crippen LogP contribution in [0.1, 0.15) is 47.4 Å². The first-order chi connectivity index (χ1) is 9.03. The zero-order chi connectivity index (χ0) is 15.3. The third kappa shape index (κ3) is 2.47. The maximum atomic E-state index is 12.9. The average Bonchev–Trinajstić information content (AvgIpc) is 2.25. The van der Waals surface area contributed by atoms with Crippen molar-refractivity contribution in [3.63, 3.8) is 0 Å². The van der Waals surface area contributed by atoms with E-state index in [9.17, 15) is 4.79 Å². The lowest BCUT2D eigenvalue weighted by Crippen LogP contribution is -2.40. The van der Waals surface area contributed by atoms with Crippen LogP contribution in [0.2, 0.25) is 5.02 Å². The van der Waals surface area contributed by atoms with Crippen LogP contribution >= 0.6 is 11.6 Å². The molecule has 0 aliphatic heterocycles. The Hall–Kier alpha value is -1.35. The van der Waals surface area contributed by atoms with Gasteiger partial charge in [-0.1, -0.05) is 38.4 Å². The van der Waals surface area contributed by atoms with Gasteiger partial charge in [-0.05, 0) is 32.9 Å². The summed E-state index contributed by atoms with van der Waals surface area (Å²) in [5.41, 5.74) is 0.0224. The van der Waals surface area contributed by atoms with Gasteiger partial charge < -0.3 is 0 Å². The van der Waals surface area contributed by atoms with Gasteiger partial charge in [-0.25, -0.2) is 4.98 Å². The fourth-order valence-corrected chi connectivity index (χ4v) is 2.57. The van der Waals surface area contributed by atoms with Crippen LogP contribution in [0.15, 0.2) is 23.0 Å². The number of aromatic nitrogens is 2. The summed E-state index contributed by atoms with van der Waals surface area (Å²) < 4.78 is 1.77. The standard InChI is InChI=1S/C16H21ClN2O/c1-15(2,3)14-18-11-9-7-8-10(17)12(11)13(20)19(14)16(4,5)6/h7-9H,1-6H3. The van der Waals surface area contributed by atoms with Crippen molar-refractivity contribution in [2.24, 2.45) is 0 Å². The second-order valence-electron chi connectivity index (χ2n) is 7.13. The molecule has 0 radical (unpaired) electrons. The van der Waals surface area contributed by atoms with E-state index >= 15 is 0 Å². The van der Waals surface area contributed by atoms with Gasteiger partial charge >= 0.3 is 0 Å². The first-order valence-electron chi connectivity index (χ1n) is 6.76. The third-order valence-corrected chi connectivity index (χ3v) is 3.50. The van der Waals surface area contributed by atoms with Crippen molar-refractivity contribution < 1.29 is 0 Å². The van der Waals surface area contributed by atoms with Gasteiger partial charge in [0.1, 0.15) is 5.82 Å². The Morgan fingerprint density at radius 1 is 1.10 bits per heavy atom. The van der Waals surface area contributed by atoms with Crippen molar-refractivity contribution >= 4 is 22.5 Å². The van der Waals surface area contributed by atoms with Gasteiger partial charge in [0.15, 0.2) is 0 Å². The minimum atomic E-state index is -0.347. The van der Waals surface area contributed by atoms with Gasteiger partial charge in [-0.15, -0.1) is 0 Å². The predicted molar refractivity (Wildman–Crippen MR) is 84.7 cm³/mol. The molecule has 1 aromatic heterocycles. The Kier molecular flexibility index (Phi) is 3.45. The van der Waals surface area contributed by atoms with Crippen LogP contribution in [-0.4, -0.2) is 9.55 Å². The Bertz CT molecular complexity index is 718. The summed E-state index contributed by atoms with van der Waals surface area (Å²) in [4.78, 5) is 17.6. The molecule has 0 aliphatic carbocycles. The van der Waals surface area contributed by atoms with Gasteiger partial charge in [0.2, 0.25) is 0 Å². The first-order valence-corrected chi connectivity index (χ1v) is 7.13. The molecule has 0 N–H and O–H groups in total. The molecular formula is C16H21ClN2O. The summed E-state index contributed by atoms with van der Waals surface area (Å²) in [5.74, 6) is 0.782. The largest absolute Gasteiger partial charge is 0.290 e. The van der Waals surface area contributed by atoms with Gasteiger partial charge in [0.05, 0.1) is 15.9 Å². The Balaban J connectivity index is 3.04. The van der Waals surface area contributed by atoms with E-state index in [-0.39, 0.29) is 16.5 Å². The van der Waals surface area contributed by atoms with Crippen LogP contribution in [0.25, 0.3) is 10.9 Å². The molecule has 3 nitrogen and oxygen atoms in total. The molecular weight excluding hydrogens is 272 g/mol. The topological polar surface area (TPSA) is 34.9 Å². The van der Waals surface area contributed by atoms with E-state index in [0.717, 1.165) is 5.82 Å². The minimum absolute atomic E-state index is 0.0713. The van der Waals surface area contributed by atoms with Crippen molar-refractivity contribution in [1.29, 1.82) is 0 Å². The SMILES string of the molecule is CC(C)(C)c1nc2cccc(Cl)c2c(=O)n1C(C)(C)C. The number of nitrogens with zero attached hydrogens (tertiary/aromatic N) is 2. The summed E-state index contributed by atoms with van der Waals surface area (Å²) in [6, 6.07) is 5.40. The van der Waals surface area contributed by atoms with E-state index in [0.29, 0.717) is 15.9 Å². The lowest BCUT2D eigenvalue weighted by molar-refractivity contribution is 0.338. The highest BCUT2D eigenvalue weighted by molar-refractivity contribution is 6.35. The summed E-state index contributed by atoms with van der Waals surface area (Å²) in [6.45, 7) is 12.2. The number of rotatable bonds is 0. The van der Waals surface area contributed by atoms with E-state index < -0.39 is 0 Å². The van der Waals surface area contributed by atoms with Crippen LogP contribution in [0.3, 0.4) is 0 Å². The van der Waals surface area contributed by atoms with Crippen LogP contribution < -0.4 is 5.56 Å². The molecule has 108 valence electrons. The van der Waals surface area contributed by atoms with E-state index in [1.165, 1.54) is 0 Å². The zero-order valence-corrected chi connectivity index (χ0v) is 13.7. The van der Waals surface area contributed by atoms with Gasteiger partial charge in [-0.3, -0.25) is 9.36 Å². The molecule has 0 fully saturated rings. The van der Waals surface area contributed by atoms with Gasteiger partial charge in [-0.2, -0.15) is 0 Å². The Morgan fingerprint density at radius 2 is 1.70 bits per heavy atom. The first kappa shape index (κ1) is 15.0. The van der Waals surface area contributed by atoms with Crippen molar-refractivity contribution in [3.05, 3.63) is 39.4 Å². The highest BCUT2D eigenvalue weighted by Crippen LogP contribution is 2.27. The van der Waals surface area contributed by atoms with Gasteiger partial charge in [0.25, 0.3) is 5.56 Å². The smallest absolute Gasteiger partial charge is 0.263 e.